The Morgan fingerprint density at radius 1 is 0.897 bits per heavy atom. The lowest BCUT2D eigenvalue weighted by Crippen LogP contribution is -2.54. The van der Waals surface area contributed by atoms with E-state index in [1.165, 1.54) is 37.7 Å². The molecule has 39 heavy (non-hydrogen) atoms. The molecule has 0 radical (unpaired) electrons. The average Bonchev–Trinajstić information content (AvgIpc) is 3.42. The van der Waals surface area contributed by atoms with Crippen molar-refractivity contribution in [1.29, 1.82) is 0 Å². The standard InChI is InChI=1S/C31H34N4O4/c36-26-9-8-25(28(37)34-26)35-29(38)23-2-1-3-24(27(23)30(35)39)32-17-19-6-4-18(5-7-19)10-11-33-31-15-20-12-21(16-31)14-22(31)13-20/h1-7,20-22,25,32-33H,8-17H2,(H,34,36,37). The number of carbonyl (C=O) groups is 4. The highest BCUT2D eigenvalue weighted by atomic mass is 16.2. The highest BCUT2D eigenvalue weighted by molar-refractivity contribution is 6.25. The summed E-state index contributed by atoms with van der Waals surface area (Å²) in [5.74, 6) is 0.830. The number of anilines is 1. The fraction of sp³-hybridized carbons (Fsp3) is 0.484. The second kappa shape index (κ2) is 9.30. The van der Waals surface area contributed by atoms with Crippen LogP contribution in [0.4, 0.5) is 5.69 Å². The van der Waals surface area contributed by atoms with Crippen LogP contribution in [0.1, 0.15) is 76.8 Å². The van der Waals surface area contributed by atoms with Crippen molar-refractivity contribution >= 4 is 29.3 Å². The van der Waals surface area contributed by atoms with Crippen LogP contribution in [0.2, 0.25) is 0 Å². The van der Waals surface area contributed by atoms with Crippen molar-refractivity contribution in [3.8, 4) is 0 Å². The zero-order chi connectivity index (χ0) is 26.7. The van der Waals surface area contributed by atoms with Crippen molar-refractivity contribution in [1.82, 2.24) is 15.5 Å². The van der Waals surface area contributed by atoms with Crippen LogP contribution in [0, 0.1) is 17.8 Å². The van der Waals surface area contributed by atoms with Crippen LogP contribution in [0.5, 0.6) is 0 Å². The first-order valence-corrected chi connectivity index (χ1v) is 14.3. The van der Waals surface area contributed by atoms with Gasteiger partial charge >= 0.3 is 0 Å². The molecule has 2 aromatic rings. The van der Waals surface area contributed by atoms with Gasteiger partial charge in [0.2, 0.25) is 11.8 Å². The lowest BCUT2D eigenvalue weighted by Gasteiger charge is -2.34. The summed E-state index contributed by atoms with van der Waals surface area (Å²) in [6.45, 7) is 1.52. The van der Waals surface area contributed by atoms with E-state index in [1.54, 1.807) is 18.2 Å². The van der Waals surface area contributed by atoms with Crippen LogP contribution in [-0.4, -0.2) is 46.7 Å². The number of imide groups is 2. The van der Waals surface area contributed by atoms with Gasteiger partial charge in [-0.25, -0.2) is 0 Å². The Balaban J connectivity index is 0.971. The highest BCUT2D eigenvalue weighted by Crippen LogP contribution is 2.60. The molecule has 0 aromatic heterocycles. The number of rotatable bonds is 8. The van der Waals surface area contributed by atoms with E-state index in [0.29, 0.717) is 17.8 Å². The molecule has 3 atom stereocenters. The molecule has 2 aromatic carbocycles. The molecule has 4 saturated carbocycles. The molecule has 0 spiro atoms. The number of amides is 4. The molecule has 2 aliphatic heterocycles. The molecule has 4 bridgehead atoms. The smallest absolute Gasteiger partial charge is 0.264 e. The predicted octanol–water partition coefficient (Wildman–Crippen LogP) is 3.41. The Kier molecular flexibility index (Phi) is 5.84. The SMILES string of the molecule is O=C1CCC(N2C(=O)c3cccc(NCc4ccc(CCNC56CC7CC(CC5C7)C6)cc4)c3C2=O)C(=O)N1. The van der Waals surface area contributed by atoms with E-state index in [2.05, 4.69) is 40.2 Å². The second-order valence-electron chi connectivity index (χ2n) is 12.2. The summed E-state index contributed by atoms with van der Waals surface area (Å²) < 4.78 is 0. The maximum absolute atomic E-state index is 13.3. The van der Waals surface area contributed by atoms with Gasteiger partial charge in [-0.05, 0) is 92.5 Å². The molecule has 4 aliphatic carbocycles. The quantitative estimate of drug-likeness (QED) is 0.455. The predicted molar refractivity (Wildman–Crippen MR) is 145 cm³/mol. The molecule has 8 heteroatoms. The average molecular weight is 527 g/mol. The lowest BCUT2D eigenvalue weighted by molar-refractivity contribution is -0.136. The molecule has 4 amide bonds. The molecule has 3 unspecified atom stereocenters. The summed E-state index contributed by atoms with van der Waals surface area (Å²) in [5.41, 5.74) is 3.93. The third-order valence-corrected chi connectivity index (χ3v) is 9.85. The van der Waals surface area contributed by atoms with Crippen molar-refractivity contribution in [3.63, 3.8) is 0 Å². The maximum atomic E-state index is 13.3. The number of nitrogens with zero attached hydrogens (tertiary/aromatic N) is 1. The number of hydrogen-bond donors (Lipinski definition) is 3. The molecular formula is C31H34N4O4. The van der Waals surface area contributed by atoms with E-state index in [1.807, 2.05) is 0 Å². The molecule has 2 heterocycles. The highest BCUT2D eigenvalue weighted by Gasteiger charge is 2.57. The summed E-state index contributed by atoms with van der Waals surface area (Å²) in [6.07, 6.45) is 8.34. The van der Waals surface area contributed by atoms with Gasteiger partial charge in [-0.15, -0.1) is 0 Å². The van der Waals surface area contributed by atoms with Crippen molar-refractivity contribution in [2.24, 2.45) is 17.8 Å². The first-order chi connectivity index (χ1) is 18.9. The minimum atomic E-state index is -0.969. The Hall–Kier alpha value is -3.52. The number of nitrogens with one attached hydrogen (secondary N) is 3. The summed E-state index contributed by atoms with van der Waals surface area (Å²) >= 11 is 0. The molecule has 3 N–H and O–H groups in total. The lowest BCUT2D eigenvalue weighted by atomic mass is 9.80. The van der Waals surface area contributed by atoms with Crippen molar-refractivity contribution in [2.75, 3.05) is 11.9 Å². The van der Waals surface area contributed by atoms with Crippen LogP contribution in [0.15, 0.2) is 42.5 Å². The van der Waals surface area contributed by atoms with Gasteiger partial charge in [0.25, 0.3) is 11.8 Å². The van der Waals surface area contributed by atoms with Crippen LogP contribution in [0.25, 0.3) is 0 Å². The van der Waals surface area contributed by atoms with Gasteiger partial charge in [-0.1, -0.05) is 30.3 Å². The topological polar surface area (TPSA) is 108 Å². The van der Waals surface area contributed by atoms with E-state index < -0.39 is 23.8 Å². The molecule has 202 valence electrons. The number of hydrogen-bond acceptors (Lipinski definition) is 6. The third kappa shape index (κ3) is 4.16. The summed E-state index contributed by atoms with van der Waals surface area (Å²) in [7, 11) is 0. The molecule has 1 saturated heterocycles. The van der Waals surface area contributed by atoms with E-state index in [4.69, 9.17) is 0 Å². The number of benzene rings is 2. The van der Waals surface area contributed by atoms with Crippen molar-refractivity contribution in [2.45, 2.75) is 69.5 Å². The number of fused-ring (bicyclic) bond motifs is 1. The van der Waals surface area contributed by atoms with Crippen LogP contribution < -0.4 is 16.0 Å². The van der Waals surface area contributed by atoms with Gasteiger partial charge in [-0.3, -0.25) is 29.4 Å². The van der Waals surface area contributed by atoms with Crippen molar-refractivity contribution < 1.29 is 19.2 Å². The van der Waals surface area contributed by atoms with Gasteiger partial charge in [0, 0.05) is 24.2 Å². The van der Waals surface area contributed by atoms with Crippen LogP contribution in [-0.2, 0) is 22.6 Å². The minimum Gasteiger partial charge on any atom is -0.380 e. The molecule has 5 fully saturated rings. The zero-order valence-electron chi connectivity index (χ0n) is 22.0. The van der Waals surface area contributed by atoms with Crippen LogP contribution >= 0.6 is 0 Å². The molecular weight excluding hydrogens is 492 g/mol. The summed E-state index contributed by atoms with van der Waals surface area (Å²) in [6, 6.07) is 12.7. The van der Waals surface area contributed by atoms with E-state index in [9.17, 15) is 19.2 Å². The third-order valence-electron chi connectivity index (χ3n) is 9.85. The van der Waals surface area contributed by atoms with Gasteiger partial charge in [-0.2, -0.15) is 0 Å². The molecule has 8 nitrogen and oxygen atoms in total. The van der Waals surface area contributed by atoms with Gasteiger partial charge < -0.3 is 10.6 Å². The maximum Gasteiger partial charge on any atom is 0.264 e. The fourth-order valence-corrected chi connectivity index (χ4v) is 8.22. The van der Waals surface area contributed by atoms with Gasteiger partial charge in [0.05, 0.1) is 11.1 Å². The summed E-state index contributed by atoms with van der Waals surface area (Å²) in [5, 5.41) is 9.53. The van der Waals surface area contributed by atoms with Gasteiger partial charge in [0.1, 0.15) is 6.04 Å². The van der Waals surface area contributed by atoms with E-state index >= 15 is 0 Å². The monoisotopic (exact) mass is 526 g/mol. The summed E-state index contributed by atoms with van der Waals surface area (Å²) in [4.78, 5) is 51.2. The Morgan fingerprint density at radius 3 is 2.38 bits per heavy atom. The number of piperidine rings is 1. The minimum absolute atomic E-state index is 0.100. The molecule has 6 aliphatic rings. The van der Waals surface area contributed by atoms with E-state index in [0.717, 1.165) is 41.2 Å². The normalized spacial score (nSPS) is 30.7. The second-order valence-corrected chi connectivity index (χ2v) is 12.2. The fourth-order valence-electron chi connectivity index (χ4n) is 8.22. The van der Waals surface area contributed by atoms with Crippen molar-refractivity contribution in [3.05, 3.63) is 64.7 Å². The molecule has 8 rings (SSSR count). The Morgan fingerprint density at radius 2 is 1.64 bits per heavy atom. The Bertz CT molecular complexity index is 1360. The first-order valence-electron chi connectivity index (χ1n) is 14.3. The van der Waals surface area contributed by atoms with E-state index in [-0.39, 0.29) is 29.9 Å². The Labute approximate surface area is 227 Å². The van der Waals surface area contributed by atoms with Crippen LogP contribution in [0.3, 0.4) is 0 Å². The largest absolute Gasteiger partial charge is 0.380 e. The number of carbonyl (C=O) groups excluding carboxylic acids is 4. The zero-order valence-corrected chi connectivity index (χ0v) is 22.0. The van der Waals surface area contributed by atoms with Gasteiger partial charge in [0.15, 0.2) is 0 Å². The first kappa shape index (κ1) is 24.5.